The lowest BCUT2D eigenvalue weighted by atomic mass is 9.95. The van der Waals surface area contributed by atoms with Crippen molar-refractivity contribution in [3.05, 3.63) is 101 Å². The monoisotopic (exact) mass is 1060 g/mol. The third-order valence-electron chi connectivity index (χ3n) is 9.95. The number of unbranched alkanes of at least 4 members (excludes halogenated alkanes) is 2. The molecule has 2 aromatic carbocycles. The van der Waals surface area contributed by atoms with Crippen LogP contribution in [0, 0.1) is 11.8 Å². The van der Waals surface area contributed by atoms with Gasteiger partial charge >= 0.3 is 0 Å². The van der Waals surface area contributed by atoms with Crippen molar-refractivity contribution in [2.45, 2.75) is 91.9 Å². The van der Waals surface area contributed by atoms with Gasteiger partial charge in [0.1, 0.15) is 22.1 Å². The van der Waals surface area contributed by atoms with Crippen LogP contribution in [-0.4, -0.2) is 17.5 Å². The Balaban J connectivity index is 0.000000161. The minimum absolute atomic E-state index is 0.818. The van der Waals surface area contributed by atoms with Crippen molar-refractivity contribution in [2.75, 3.05) is 0 Å². The molecule has 4 nitrogen and oxygen atoms in total. The minimum atomic E-state index is 0.818. The summed E-state index contributed by atoms with van der Waals surface area (Å²) in [7, 11) is 0. The number of halogens is 3. The van der Waals surface area contributed by atoms with Crippen LogP contribution in [0.1, 0.15) is 88.8 Å². The molecule has 8 aromatic rings. The summed E-state index contributed by atoms with van der Waals surface area (Å²) >= 11 is 20.5. The average molecular weight is 1060 g/mol. The quantitative estimate of drug-likeness (QED) is 0.103. The zero-order valence-corrected chi connectivity index (χ0v) is 42.3. The Morgan fingerprint density at radius 3 is 1.46 bits per heavy atom. The van der Waals surface area contributed by atoms with E-state index in [1.807, 2.05) is 57.5 Å². The summed E-state index contributed by atoms with van der Waals surface area (Å²) in [6, 6.07) is 26.2. The molecule has 0 bridgehead atoms. The Bertz CT molecular complexity index is 2370. The van der Waals surface area contributed by atoms with Gasteiger partial charge in [0, 0.05) is 53.1 Å². The van der Waals surface area contributed by atoms with Crippen LogP contribution in [0.5, 0.6) is 0 Å². The first-order valence-corrected chi connectivity index (χ1v) is 26.8. The summed E-state index contributed by atoms with van der Waals surface area (Å²) in [6.07, 6.45) is 13.2. The normalized spacial score (nSPS) is 12.3. The molecule has 0 saturated carbocycles. The average Bonchev–Trinajstić information content (AvgIpc) is 4.08. The fourth-order valence-corrected chi connectivity index (χ4v) is 13.5. The molecule has 6 aromatic heterocycles. The van der Waals surface area contributed by atoms with Gasteiger partial charge in [-0.3, -0.25) is 0 Å². The molecule has 13 heteroatoms. The van der Waals surface area contributed by atoms with Crippen molar-refractivity contribution < 1.29 is 0 Å². The summed E-state index contributed by atoms with van der Waals surface area (Å²) in [6.45, 7) is 9.22. The van der Waals surface area contributed by atoms with Crippen LogP contribution < -0.4 is 0 Å². The van der Waals surface area contributed by atoms with Gasteiger partial charge in [-0.1, -0.05) is 91.2 Å². The van der Waals surface area contributed by atoms with Gasteiger partial charge in [-0.2, -0.15) is 17.5 Å². The van der Waals surface area contributed by atoms with Crippen LogP contribution in [0.25, 0.3) is 52.0 Å². The molecule has 8 rings (SSSR count). The largest absolute Gasteiger partial charge is 0.172 e. The molecule has 0 fully saturated rings. The molecule has 0 aliphatic rings. The molecular formula is C44H47Br3N4S6. The van der Waals surface area contributed by atoms with Crippen LogP contribution in [0.4, 0.5) is 0 Å². The second kappa shape index (κ2) is 22.8. The Morgan fingerprint density at radius 1 is 0.491 bits per heavy atom. The fourth-order valence-electron chi connectivity index (χ4n) is 6.57. The first-order chi connectivity index (χ1) is 27.8. The number of fused-ring (bicyclic) bond motifs is 2. The number of aromatic nitrogens is 4. The van der Waals surface area contributed by atoms with E-state index in [4.69, 9.17) is 0 Å². The number of nitrogens with zero attached hydrogens (tertiary/aromatic N) is 4. The van der Waals surface area contributed by atoms with E-state index in [1.165, 1.54) is 122 Å². The molecule has 0 radical (unpaired) electrons. The first-order valence-electron chi connectivity index (χ1n) is 19.6. The highest BCUT2D eigenvalue weighted by Gasteiger charge is 2.15. The van der Waals surface area contributed by atoms with E-state index in [0.717, 1.165) is 47.3 Å². The molecule has 300 valence electrons. The van der Waals surface area contributed by atoms with E-state index >= 15 is 0 Å². The van der Waals surface area contributed by atoms with Crippen molar-refractivity contribution in [2.24, 2.45) is 11.8 Å². The maximum Gasteiger partial charge on any atom is 0.120 e. The Hall–Kier alpha value is -1.68. The van der Waals surface area contributed by atoms with E-state index in [9.17, 15) is 0 Å². The molecule has 0 aliphatic carbocycles. The third kappa shape index (κ3) is 12.2. The SMILES string of the molecule is Brc1ccc(Br)c2nsnc12.CCCCC(CC)Cc1ccc(-c2ccc(-c3ccc(Br)c4nsnc34)s2)s1.CCCCC(CC)Cc1ccc(-c2cccs2)s1. The molecule has 0 spiro atoms. The van der Waals surface area contributed by atoms with Crippen LogP contribution >= 0.6 is 117 Å². The van der Waals surface area contributed by atoms with Crippen molar-refractivity contribution in [3.8, 4) is 29.9 Å². The number of benzene rings is 2. The van der Waals surface area contributed by atoms with Crippen LogP contribution in [0.3, 0.4) is 0 Å². The minimum Gasteiger partial charge on any atom is -0.172 e. The van der Waals surface area contributed by atoms with Gasteiger partial charge < -0.3 is 0 Å². The van der Waals surface area contributed by atoms with Crippen molar-refractivity contribution in [3.63, 3.8) is 0 Å². The highest BCUT2D eigenvalue weighted by Crippen LogP contribution is 2.41. The molecule has 2 atom stereocenters. The second-order valence-corrected chi connectivity index (χ2v) is 21.9. The van der Waals surface area contributed by atoms with Gasteiger partial charge in [0.25, 0.3) is 0 Å². The van der Waals surface area contributed by atoms with Gasteiger partial charge in [-0.05, 0) is 139 Å². The van der Waals surface area contributed by atoms with E-state index in [1.54, 1.807) is 4.88 Å². The van der Waals surface area contributed by atoms with Crippen LogP contribution in [0.2, 0.25) is 0 Å². The lowest BCUT2D eigenvalue weighted by molar-refractivity contribution is 0.452. The van der Waals surface area contributed by atoms with Gasteiger partial charge in [-0.25, -0.2) is 0 Å². The van der Waals surface area contributed by atoms with Crippen molar-refractivity contribution in [1.82, 2.24) is 17.5 Å². The topological polar surface area (TPSA) is 51.6 Å². The molecule has 0 N–H and O–H groups in total. The zero-order valence-electron chi connectivity index (χ0n) is 32.6. The maximum atomic E-state index is 4.52. The standard InChI is InChI=1S/C22H23BrN2S3.C16H22S2.C6H2Br2N2S/c1-3-5-6-14(4-2)13-15-7-10-19(26-15)20-12-11-18(27-20)16-8-9-17(23)22-21(16)24-28-25-22;1-3-5-7-13(4-2)12-14-9-10-16(18-14)15-8-6-11-17-15;7-3-1-2-4(8)6-5(3)9-11-10-6/h7-12,14H,3-6,13H2,1-2H3;6,8-11,13H,3-5,7,12H2,1-2H3;1-2H. The predicted molar refractivity (Wildman–Crippen MR) is 266 cm³/mol. The predicted octanol–water partition coefficient (Wildman–Crippen LogP) is 18.1. The summed E-state index contributed by atoms with van der Waals surface area (Å²) in [4.78, 5) is 9.89. The number of hydrogen-bond donors (Lipinski definition) is 0. The summed E-state index contributed by atoms with van der Waals surface area (Å²) in [5.74, 6) is 1.69. The van der Waals surface area contributed by atoms with Crippen molar-refractivity contribution >= 4 is 139 Å². The summed E-state index contributed by atoms with van der Waals surface area (Å²) in [5, 5.41) is 2.16. The zero-order chi connectivity index (χ0) is 40.1. The number of hydrogen-bond acceptors (Lipinski definition) is 10. The van der Waals surface area contributed by atoms with Gasteiger partial charge in [0.15, 0.2) is 0 Å². The molecule has 0 aliphatic heterocycles. The van der Waals surface area contributed by atoms with Crippen LogP contribution in [-0.2, 0) is 12.8 Å². The van der Waals surface area contributed by atoms with Crippen LogP contribution in [0.15, 0.2) is 91.6 Å². The molecule has 2 unspecified atom stereocenters. The van der Waals surface area contributed by atoms with E-state index in [2.05, 4.69) is 159 Å². The summed E-state index contributed by atoms with van der Waals surface area (Å²) < 4.78 is 20.2. The Morgan fingerprint density at radius 2 is 0.947 bits per heavy atom. The van der Waals surface area contributed by atoms with Crippen molar-refractivity contribution in [1.29, 1.82) is 0 Å². The van der Waals surface area contributed by atoms with Gasteiger partial charge in [-0.15, -0.1) is 45.3 Å². The Kier molecular flexibility index (Phi) is 17.9. The van der Waals surface area contributed by atoms with E-state index in [-0.39, 0.29) is 0 Å². The van der Waals surface area contributed by atoms with Gasteiger partial charge in [0.05, 0.1) is 23.5 Å². The van der Waals surface area contributed by atoms with E-state index < -0.39 is 0 Å². The second-order valence-electron chi connectivity index (χ2n) is 14.0. The number of rotatable bonds is 15. The highest BCUT2D eigenvalue weighted by atomic mass is 79.9. The molecule has 0 amide bonds. The lowest BCUT2D eigenvalue weighted by Gasteiger charge is -2.12. The maximum absolute atomic E-state index is 4.52. The van der Waals surface area contributed by atoms with Gasteiger partial charge in [0.2, 0.25) is 0 Å². The first kappa shape index (κ1) is 44.9. The summed E-state index contributed by atoms with van der Waals surface area (Å²) in [5.41, 5.74) is 4.95. The fraction of sp³-hybridized carbons (Fsp3) is 0.364. The lowest BCUT2D eigenvalue weighted by Crippen LogP contribution is -2.01. The number of thiophene rings is 4. The smallest absolute Gasteiger partial charge is 0.120 e. The third-order valence-corrected chi connectivity index (χ3v) is 17.5. The molecule has 0 saturated heterocycles. The molecular weight excluding hydrogens is 1020 g/mol. The highest BCUT2D eigenvalue weighted by molar-refractivity contribution is 9.11. The Labute approximate surface area is 387 Å². The molecule has 6 heterocycles. The van der Waals surface area contributed by atoms with E-state index in [0.29, 0.717) is 0 Å². The molecule has 57 heavy (non-hydrogen) atoms.